The van der Waals surface area contributed by atoms with Crippen LogP contribution in [0.5, 0.6) is 0 Å². The Bertz CT molecular complexity index is 267. The van der Waals surface area contributed by atoms with E-state index in [4.69, 9.17) is 10.9 Å². The highest BCUT2D eigenvalue weighted by Gasteiger charge is 2.28. The molecule has 4 N–H and O–H groups in total. The number of amidine groups is 1. The molecule has 0 aliphatic carbocycles. The number of amides is 2. The number of urea groups is 1. The summed E-state index contributed by atoms with van der Waals surface area (Å²) in [6.07, 6.45) is -4.37. The van der Waals surface area contributed by atoms with Gasteiger partial charge in [-0.25, -0.2) is 4.79 Å². The van der Waals surface area contributed by atoms with Crippen LogP contribution < -0.4 is 11.1 Å². The van der Waals surface area contributed by atoms with Gasteiger partial charge in [0, 0.05) is 20.0 Å². The van der Waals surface area contributed by atoms with Gasteiger partial charge in [-0.05, 0) is 0 Å². The van der Waals surface area contributed by atoms with Gasteiger partial charge in [0.25, 0.3) is 0 Å². The molecule has 0 unspecified atom stereocenters. The Labute approximate surface area is 89.9 Å². The zero-order valence-corrected chi connectivity index (χ0v) is 8.58. The molecule has 0 heterocycles. The van der Waals surface area contributed by atoms with E-state index < -0.39 is 18.8 Å². The van der Waals surface area contributed by atoms with E-state index in [-0.39, 0.29) is 18.8 Å². The summed E-state index contributed by atoms with van der Waals surface area (Å²) in [5.41, 5.74) is 5.13. The molecule has 0 atom stereocenters. The molecule has 0 aliphatic rings. The van der Waals surface area contributed by atoms with Gasteiger partial charge in [-0.15, -0.1) is 0 Å². The van der Waals surface area contributed by atoms with Crippen LogP contribution in [0.25, 0.3) is 0 Å². The Balaban J connectivity index is 3.91. The molecule has 9 heteroatoms. The highest BCUT2D eigenvalue weighted by molar-refractivity contribution is 5.80. The van der Waals surface area contributed by atoms with Crippen molar-refractivity contribution in [1.82, 2.24) is 10.2 Å². The highest BCUT2D eigenvalue weighted by Crippen LogP contribution is 2.12. The molecule has 0 aromatic carbocycles. The molecule has 16 heavy (non-hydrogen) atoms. The molecule has 2 amide bonds. The number of rotatable bonds is 4. The third kappa shape index (κ3) is 6.74. The van der Waals surface area contributed by atoms with Crippen molar-refractivity contribution >= 4 is 11.9 Å². The minimum absolute atomic E-state index is 0.0551. The van der Waals surface area contributed by atoms with Crippen LogP contribution >= 0.6 is 0 Å². The Morgan fingerprint density at radius 1 is 1.56 bits per heavy atom. The van der Waals surface area contributed by atoms with Crippen molar-refractivity contribution in [2.75, 3.05) is 20.1 Å². The minimum Gasteiger partial charge on any atom is -0.409 e. The van der Waals surface area contributed by atoms with Crippen molar-refractivity contribution < 1.29 is 23.2 Å². The number of nitrogens with two attached hydrogens (primary N) is 1. The fraction of sp³-hybridized carbons (Fsp3) is 0.714. The van der Waals surface area contributed by atoms with Crippen molar-refractivity contribution in [3.8, 4) is 0 Å². The quantitative estimate of drug-likeness (QED) is 0.287. The van der Waals surface area contributed by atoms with Crippen LogP contribution in [-0.2, 0) is 0 Å². The maximum Gasteiger partial charge on any atom is 0.405 e. The lowest BCUT2D eigenvalue weighted by atomic mass is 10.4. The fourth-order valence-electron chi connectivity index (χ4n) is 0.745. The molecule has 0 spiro atoms. The fourth-order valence-corrected chi connectivity index (χ4v) is 0.745. The van der Waals surface area contributed by atoms with Crippen LogP contribution in [0.1, 0.15) is 6.42 Å². The van der Waals surface area contributed by atoms with Crippen LogP contribution in [0, 0.1) is 0 Å². The average Bonchev–Trinajstić information content (AvgIpc) is 2.20. The molecule has 0 aromatic rings. The summed E-state index contributed by atoms with van der Waals surface area (Å²) >= 11 is 0. The number of alkyl halides is 3. The first kappa shape index (κ1) is 14.3. The second kappa shape index (κ2) is 6.03. The Morgan fingerprint density at radius 2 is 2.12 bits per heavy atom. The van der Waals surface area contributed by atoms with Crippen LogP contribution in [0.2, 0.25) is 0 Å². The van der Waals surface area contributed by atoms with Crippen molar-refractivity contribution in [2.45, 2.75) is 12.6 Å². The normalized spacial score (nSPS) is 12.4. The molecule has 6 nitrogen and oxygen atoms in total. The number of oxime groups is 1. The van der Waals surface area contributed by atoms with Crippen molar-refractivity contribution in [1.29, 1.82) is 0 Å². The molecule has 0 radical (unpaired) electrons. The summed E-state index contributed by atoms with van der Waals surface area (Å²) in [6, 6.07) is -0.872. The molecule has 0 saturated carbocycles. The molecule has 0 aliphatic heterocycles. The highest BCUT2D eigenvalue weighted by atomic mass is 19.4. The summed E-state index contributed by atoms with van der Waals surface area (Å²) in [5, 5.41) is 12.5. The van der Waals surface area contributed by atoms with Crippen LogP contribution in [0.15, 0.2) is 5.16 Å². The van der Waals surface area contributed by atoms with Gasteiger partial charge in [-0.1, -0.05) is 5.16 Å². The third-order valence-corrected chi connectivity index (χ3v) is 1.62. The number of nitrogens with one attached hydrogen (secondary N) is 1. The predicted molar refractivity (Wildman–Crippen MR) is 50.1 cm³/mol. The van der Waals surface area contributed by atoms with E-state index in [1.54, 1.807) is 5.32 Å². The lowest BCUT2D eigenvalue weighted by Crippen LogP contribution is -2.42. The number of carbonyl (C=O) groups is 1. The Morgan fingerprint density at radius 3 is 2.56 bits per heavy atom. The molecule has 0 aromatic heterocycles. The van der Waals surface area contributed by atoms with E-state index in [1.165, 1.54) is 7.05 Å². The maximum atomic E-state index is 11.7. The lowest BCUT2D eigenvalue weighted by molar-refractivity contribution is -0.123. The molecule has 94 valence electrons. The number of nitrogens with zero attached hydrogens (tertiary/aromatic N) is 2. The van der Waals surface area contributed by atoms with Crippen LogP contribution in [-0.4, -0.2) is 48.3 Å². The molecular formula is C7H13F3N4O2. The third-order valence-electron chi connectivity index (χ3n) is 1.62. The van der Waals surface area contributed by atoms with Crippen molar-refractivity contribution in [3.63, 3.8) is 0 Å². The second-order valence-corrected chi connectivity index (χ2v) is 3.04. The first-order valence-corrected chi connectivity index (χ1v) is 4.28. The smallest absolute Gasteiger partial charge is 0.405 e. The maximum absolute atomic E-state index is 11.7. The Kier molecular flexibility index (Phi) is 5.40. The van der Waals surface area contributed by atoms with E-state index in [2.05, 4.69) is 5.16 Å². The topological polar surface area (TPSA) is 90.9 Å². The van der Waals surface area contributed by atoms with Gasteiger partial charge in [0.1, 0.15) is 12.4 Å². The molecule has 0 fully saturated rings. The van der Waals surface area contributed by atoms with Crippen LogP contribution in [0.4, 0.5) is 18.0 Å². The lowest BCUT2D eigenvalue weighted by Gasteiger charge is -2.18. The largest absolute Gasteiger partial charge is 0.409 e. The van der Waals surface area contributed by atoms with E-state index >= 15 is 0 Å². The number of hydrogen-bond acceptors (Lipinski definition) is 3. The predicted octanol–water partition coefficient (Wildman–Crippen LogP) is 0.327. The van der Waals surface area contributed by atoms with Gasteiger partial charge in [-0.3, -0.25) is 0 Å². The van der Waals surface area contributed by atoms with E-state index in [9.17, 15) is 18.0 Å². The van der Waals surface area contributed by atoms with E-state index in [0.717, 1.165) is 4.90 Å². The first-order chi connectivity index (χ1) is 7.26. The van der Waals surface area contributed by atoms with Gasteiger partial charge in [0.15, 0.2) is 0 Å². The molecule has 0 saturated heterocycles. The molecule has 0 bridgehead atoms. The SMILES string of the molecule is CN(CCC(N)=NO)C(=O)NCC(F)(F)F. The standard InChI is InChI=1S/C7H13F3N4O2/c1-14(3-2-5(11)13-16)6(15)12-4-7(8,9)10/h16H,2-4H2,1H3,(H2,11,13)(H,12,15). The summed E-state index contributed by atoms with van der Waals surface area (Å²) in [6.45, 7) is -1.33. The average molecular weight is 242 g/mol. The van der Waals surface area contributed by atoms with E-state index in [0.29, 0.717) is 0 Å². The number of halogens is 3. The van der Waals surface area contributed by atoms with Crippen LogP contribution in [0.3, 0.4) is 0 Å². The van der Waals surface area contributed by atoms with Crippen molar-refractivity contribution in [2.24, 2.45) is 10.9 Å². The second-order valence-electron chi connectivity index (χ2n) is 3.04. The zero-order chi connectivity index (χ0) is 12.8. The molecular weight excluding hydrogens is 229 g/mol. The monoisotopic (exact) mass is 242 g/mol. The number of hydrogen-bond donors (Lipinski definition) is 3. The summed E-state index contributed by atoms with van der Waals surface area (Å²) in [5.74, 6) is -0.101. The number of carbonyl (C=O) groups excluding carboxylic acids is 1. The van der Waals surface area contributed by atoms with Gasteiger partial charge in [0.05, 0.1) is 0 Å². The summed E-state index contributed by atoms with van der Waals surface area (Å²) in [7, 11) is 1.30. The van der Waals surface area contributed by atoms with Crippen molar-refractivity contribution in [3.05, 3.63) is 0 Å². The van der Waals surface area contributed by atoms with Gasteiger partial charge >= 0.3 is 12.2 Å². The Hall–Kier alpha value is -1.67. The zero-order valence-electron chi connectivity index (χ0n) is 8.58. The first-order valence-electron chi connectivity index (χ1n) is 4.28. The van der Waals surface area contributed by atoms with Gasteiger partial charge in [0.2, 0.25) is 0 Å². The summed E-state index contributed by atoms with van der Waals surface area (Å²) < 4.78 is 35.2. The molecule has 0 rings (SSSR count). The van der Waals surface area contributed by atoms with Gasteiger partial charge in [-0.2, -0.15) is 13.2 Å². The minimum atomic E-state index is -4.44. The van der Waals surface area contributed by atoms with Gasteiger partial charge < -0.3 is 21.2 Å². The van der Waals surface area contributed by atoms with E-state index in [1.807, 2.05) is 0 Å². The summed E-state index contributed by atoms with van der Waals surface area (Å²) in [4.78, 5) is 12.1.